The fourth-order valence-corrected chi connectivity index (χ4v) is 2.13. The van der Waals surface area contributed by atoms with E-state index in [2.05, 4.69) is 48.0 Å². The molecular formula is C18H19N. The molecule has 0 amide bonds. The van der Waals surface area contributed by atoms with Gasteiger partial charge in [-0.05, 0) is 23.6 Å². The highest BCUT2D eigenvalue weighted by Gasteiger charge is 2.13. The molecule has 0 saturated carbocycles. The first-order chi connectivity index (χ1) is 9.35. The largest absolute Gasteiger partial charge is 0.292 e. The van der Waals surface area contributed by atoms with E-state index < -0.39 is 0 Å². The number of rotatable bonds is 4. The van der Waals surface area contributed by atoms with E-state index in [0.29, 0.717) is 5.92 Å². The lowest BCUT2D eigenvalue weighted by Crippen LogP contribution is -2.09. The molecule has 96 valence electrons. The number of aliphatic imine (C=N–C) groups is 1. The van der Waals surface area contributed by atoms with Gasteiger partial charge >= 0.3 is 0 Å². The molecule has 1 heterocycles. The summed E-state index contributed by atoms with van der Waals surface area (Å²) in [5, 5.41) is 0. The molecule has 1 aliphatic heterocycles. The molecule has 19 heavy (non-hydrogen) atoms. The SMILES string of the molecule is C=C/C(=C\C=C/C)C1C=C(c2ccccc2)C=NC1. The summed E-state index contributed by atoms with van der Waals surface area (Å²) in [6, 6.07) is 10.4. The molecule has 0 aromatic heterocycles. The number of benzene rings is 1. The van der Waals surface area contributed by atoms with Gasteiger partial charge in [0.1, 0.15) is 0 Å². The van der Waals surface area contributed by atoms with Crippen molar-refractivity contribution in [3.8, 4) is 0 Å². The maximum atomic E-state index is 4.49. The van der Waals surface area contributed by atoms with Crippen molar-refractivity contribution in [3.05, 3.63) is 78.4 Å². The second-order valence-electron chi connectivity index (χ2n) is 4.49. The highest BCUT2D eigenvalue weighted by molar-refractivity contribution is 6.10. The Morgan fingerprint density at radius 3 is 2.79 bits per heavy atom. The van der Waals surface area contributed by atoms with Crippen molar-refractivity contribution in [3.63, 3.8) is 0 Å². The summed E-state index contributed by atoms with van der Waals surface area (Å²) >= 11 is 0. The molecule has 1 aromatic rings. The van der Waals surface area contributed by atoms with Gasteiger partial charge in [-0.1, -0.05) is 67.3 Å². The van der Waals surface area contributed by atoms with Crippen LogP contribution >= 0.6 is 0 Å². The van der Waals surface area contributed by atoms with E-state index >= 15 is 0 Å². The van der Waals surface area contributed by atoms with Gasteiger partial charge in [0.2, 0.25) is 0 Å². The molecule has 1 aromatic carbocycles. The number of nitrogens with zero attached hydrogens (tertiary/aromatic N) is 1. The van der Waals surface area contributed by atoms with Gasteiger partial charge in [0, 0.05) is 18.7 Å². The predicted octanol–water partition coefficient (Wildman–Crippen LogP) is 4.46. The zero-order valence-electron chi connectivity index (χ0n) is 11.3. The lowest BCUT2D eigenvalue weighted by Gasteiger charge is -2.17. The van der Waals surface area contributed by atoms with Crippen molar-refractivity contribution < 1.29 is 0 Å². The Labute approximate surface area is 115 Å². The molecule has 1 unspecified atom stereocenters. The van der Waals surface area contributed by atoms with Gasteiger partial charge in [-0.3, -0.25) is 4.99 Å². The third kappa shape index (κ3) is 3.41. The first-order valence-corrected chi connectivity index (χ1v) is 6.57. The zero-order chi connectivity index (χ0) is 13.5. The summed E-state index contributed by atoms with van der Waals surface area (Å²) in [6.07, 6.45) is 12.3. The van der Waals surface area contributed by atoms with Crippen LogP contribution in [0.1, 0.15) is 12.5 Å². The second-order valence-corrected chi connectivity index (χ2v) is 4.49. The fraction of sp³-hybridized carbons (Fsp3) is 0.167. The van der Waals surface area contributed by atoms with Gasteiger partial charge in [-0.2, -0.15) is 0 Å². The standard InChI is InChI=1S/C18H19N/c1-3-5-9-15(4-2)17-12-18(14-19-13-17)16-10-7-6-8-11-16/h3-12,14,17H,2,13H2,1H3/b5-3-,15-9+. The van der Waals surface area contributed by atoms with E-state index in [-0.39, 0.29) is 0 Å². The first-order valence-electron chi connectivity index (χ1n) is 6.57. The Hall–Kier alpha value is -2.15. The van der Waals surface area contributed by atoms with Gasteiger partial charge in [0.15, 0.2) is 0 Å². The van der Waals surface area contributed by atoms with Crippen molar-refractivity contribution >= 4 is 11.8 Å². The van der Waals surface area contributed by atoms with E-state index in [1.807, 2.05) is 37.4 Å². The first kappa shape index (κ1) is 13.3. The highest BCUT2D eigenvalue weighted by Crippen LogP contribution is 2.24. The van der Waals surface area contributed by atoms with E-state index in [0.717, 1.165) is 6.54 Å². The van der Waals surface area contributed by atoms with Gasteiger partial charge in [0.05, 0.1) is 0 Å². The predicted molar refractivity (Wildman–Crippen MR) is 84.4 cm³/mol. The molecule has 1 aliphatic rings. The number of dihydropyridines is 1. The van der Waals surface area contributed by atoms with Crippen molar-refractivity contribution in [1.29, 1.82) is 0 Å². The Bertz CT molecular complexity index is 544. The average molecular weight is 249 g/mol. The van der Waals surface area contributed by atoms with Crippen molar-refractivity contribution in [1.82, 2.24) is 0 Å². The van der Waals surface area contributed by atoms with Gasteiger partial charge in [-0.25, -0.2) is 0 Å². The summed E-state index contributed by atoms with van der Waals surface area (Å²) in [7, 11) is 0. The molecule has 0 radical (unpaired) electrons. The molecule has 2 rings (SSSR count). The van der Waals surface area contributed by atoms with Crippen LogP contribution in [0.25, 0.3) is 5.57 Å². The van der Waals surface area contributed by atoms with Crippen LogP contribution in [-0.2, 0) is 0 Å². The summed E-state index contributed by atoms with van der Waals surface area (Å²) in [5.74, 6) is 0.314. The van der Waals surface area contributed by atoms with Crippen LogP contribution in [0.2, 0.25) is 0 Å². The molecule has 0 N–H and O–H groups in total. The number of allylic oxidation sites excluding steroid dienone is 5. The Balaban J connectivity index is 2.28. The number of hydrogen-bond donors (Lipinski definition) is 0. The van der Waals surface area contributed by atoms with Crippen molar-refractivity contribution in [2.75, 3.05) is 6.54 Å². The molecular weight excluding hydrogens is 230 g/mol. The van der Waals surface area contributed by atoms with Crippen LogP contribution in [0.15, 0.2) is 77.9 Å². The minimum Gasteiger partial charge on any atom is -0.292 e. The van der Waals surface area contributed by atoms with E-state index in [9.17, 15) is 0 Å². The quantitative estimate of drug-likeness (QED) is 0.699. The van der Waals surface area contributed by atoms with E-state index in [1.54, 1.807) is 0 Å². The minimum absolute atomic E-state index is 0.314. The molecule has 1 nitrogen and oxygen atoms in total. The molecule has 1 atom stereocenters. The van der Waals surface area contributed by atoms with Crippen LogP contribution in [0, 0.1) is 5.92 Å². The molecule has 0 fully saturated rings. The molecule has 0 bridgehead atoms. The normalized spacial score (nSPS) is 19.5. The molecule has 0 spiro atoms. The van der Waals surface area contributed by atoms with E-state index in [1.165, 1.54) is 16.7 Å². The lowest BCUT2D eigenvalue weighted by atomic mass is 9.92. The summed E-state index contributed by atoms with van der Waals surface area (Å²) in [6.45, 7) is 6.72. The Kier molecular flexibility index (Phi) is 4.68. The smallest absolute Gasteiger partial charge is 0.0493 e. The van der Waals surface area contributed by atoms with Crippen molar-refractivity contribution in [2.24, 2.45) is 10.9 Å². The zero-order valence-corrected chi connectivity index (χ0v) is 11.3. The lowest BCUT2D eigenvalue weighted by molar-refractivity contribution is 0.787. The maximum absolute atomic E-state index is 4.49. The third-order valence-corrected chi connectivity index (χ3v) is 3.17. The maximum Gasteiger partial charge on any atom is 0.0493 e. The topological polar surface area (TPSA) is 12.4 Å². The summed E-state index contributed by atoms with van der Waals surface area (Å²) < 4.78 is 0. The van der Waals surface area contributed by atoms with Gasteiger partial charge < -0.3 is 0 Å². The molecule has 0 aliphatic carbocycles. The molecule has 1 heteroatoms. The number of hydrogen-bond acceptors (Lipinski definition) is 1. The monoisotopic (exact) mass is 249 g/mol. The third-order valence-electron chi connectivity index (χ3n) is 3.17. The van der Waals surface area contributed by atoms with Crippen LogP contribution in [0.5, 0.6) is 0 Å². The van der Waals surface area contributed by atoms with Crippen LogP contribution in [-0.4, -0.2) is 12.8 Å². The summed E-state index contributed by atoms with van der Waals surface area (Å²) in [5.41, 5.74) is 3.61. The van der Waals surface area contributed by atoms with Gasteiger partial charge in [-0.15, -0.1) is 0 Å². The second kappa shape index (κ2) is 6.69. The average Bonchev–Trinajstić information content (AvgIpc) is 2.49. The van der Waals surface area contributed by atoms with Crippen LogP contribution in [0.3, 0.4) is 0 Å². The minimum atomic E-state index is 0.314. The van der Waals surface area contributed by atoms with Gasteiger partial charge in [0.25, 0.3) is 0 Å². The fourth-order valence-electron chi connectivity index (χ4n) is 2.13. The Morgan fingerprint density at radius 2 is 2.11 bits per heavy atom. The Morgan fingerprint density at radius 1 is 1.32 bits per heavy atom. The van der Waals surface area contributed by atoms with E-state index in [4.69, 9.17) is 0 Å². The molecule has 0 saturated heterocycles. The van der Waals surface area contributed by atoms with Crippen LogP contribution < -0.4 is 0 Å². The highest BCUT2D eigenvalue weighted by atomic mass is 14.7. The summed E-state index contributed by atoms with van der Waals surface area (Å²) in [4.78, 5) is 4.49. The van der Waals surface area contributed by atoms with Crippen molar-refractivity contribution in [2.45, 2.75) is 6.92 Å². The van der Waals surface area contributed by atoms with Crippen LogP contribution in [0.4, 0.5) is 0 Å².